The third kappa shape index (κ3) is 2.67. The van der Waals surface area contributed by atoms with E-state index in [-0.39, 0.29) is 11.1 Å². The highest BCUT2D eigenvalue weighted by molar-refractivity contribution is 7.89. The topological polar surface area (TPSA) is 92.1 Å². The lowest BCUT2D eigenvalue weighted by Crippen LogP contribution is -2.35. The first-order chi connectivity index (χ1) is 8.05. The number of H-pyrrole nitrogens is 1. The molecule has 3 N–H and O–H groups in total. The maximum absolute atomic E-state index is 12.3. The number of hydrogen-bond acceptors (Lipinski definition) is 4. The molecule has 6 nitrogen and oxygen atoms in total. The molecule has 0 aromatic carbocycles. The van der Waals surface area contributed by atoms with Crippen LogP contribution in [-0.4, -0.2) is 41.8 Å². The molecule has 0 spiro atoms. The summed E-state index contributed by atoms with van der Waals surface area (Å²) in [5.74, 6) is 0.609. The zero-order valence-corrected chi connectivity index (χ0v) is 10.7. The Labute approximate surface area is 101 Å². The Kier molecular flexibility index (Phi) is 3.50. The van der Waals surface area contributed by atoms with Crippen molar-refractivity contribution in [2.24, 2.45) is 5.73 Å². The van der Waals surface area contributed by atoms with Crippen molar-refractivity contribution in [1.29, 1.82) is 0 Å². The molecule has 0 radical (unpaired) electrons. The van der Waals surface area contributed by atoms with Gasteiger partial charge in [0.1, 0.15) is 5.82 Å². The molecule has 1 aliphatic rings. The summed E-state index contributed by atoms with van der Waals surface area (Å²) in [5.41, 5.74) is 5.44. The minimum atomic E-state index is -3.43. The Morgan fingerprint density at radius 3 is 2.76 bits per heavy atom. The normalized spacial score (nSPS) is 16.6. The van der Waals surface area contributed by atoms with Crippen molar-refractivity contribution in [3.63, 3.8) is 0 Å². The quantitative estimate of drug-likeness (QED) is 0.763. The summed E-state index contributed by atoms with van der Waals surface area (Å²) in [5, 5.41) is 0.180. The number of aromatic nitrogens is 2. The summed E-state index contributed by atoms with van der Waals surface area (Å²) in [6.45, 7) is 2.72. The monoisotopic (exact) mass is 258 g/mol. The van der Waals surface area contributed by atoms with Crippen molar-refractivity contribution < 1.29 is 8.42 Å². The average molecular weight is 258 g/mol. The van der Waals surface area contributed by atoms with E-state index in [4.69, 9.17) is 5.73 Å². The lowest BCUT2D eigenvalue weighted by Gasteiger charge is -2.20. The summed E-state index contributed by atoms with van der Waals surface area (Å²) in [6.07, 6.45) is 3.94. The highest BCUT2D eigenvalue weighted by Crippen LogP contribution is 2.31. The molecule has 1 fully saturated rings. The van der Waals surface area contributed by atoms with Gasteiger partial charge in [0, 0.05) is 12.6 Å². The molecule has 0 unspecified atom stereocenters. The molecule has 1 aliphatic carbocycles. The Bertz CT molecular complexity index is 478. The van der Waals surface area contributed by atoms with E-state index in [2.05, 4.69) is 9.97 Å². The Hall–Kier alpha value is -0.920. The third-order valence-corrected chi connectivity index (χ3v) is 4.66. The minimum absolute atomic E-state index is 0.148. The highest BCUT2D eigenvalue weighted by atomic mass is 32.2. The van der Waals surface area contributed by atoms with E-state index in [9.17, 15) is 8.42 Å². The predicted octanol–water partition coefficient (Wildman–Crippen LogP) is 0.220. The van der Waals surface area contributed by atoms with Crippen molar-refractivity contribution in [3.8, 4) is 0 Å². The van der Waals surface area contributed by atoms with E-state index < -0.39 is 10.0 Å². The fourth-order valence-corrected chi connectivity index (χ4v) is 3.45. The van der Waals surface area contributed by atoms with E-state index in [0.717, 1.165) is 12.8 Å². The van der Waals surface area contributed by atoms with Gasteiger partial charge >= 0.3 is 0 Å². The van der Waals surface area contributed by atoms with Crippen LogP contribution in [0.4, 0.5) is 0 Å². The van der Waals surface area contributed by atoms with Gasteiger partial charge in [0.2, 0.25) is 0 Å². The van der Waals surface area contributed by atoms with E-state index in [1.807, 2.05) is 0 Å². The molecule has 1 aromatic heterocycles. The molecule has 0 bridgehead atoms. The molecule has 0 amide bonds. The zero-order valence-electron chi connectivity index (χ0n) is 9.89. The zero-order chi connectivity index (χ0) is 12.5. The molecule has 0 saturated heterocycles. The Morgan fingerprint density at radius 1 is 1.59 bits per heavy atom. The lowest BCUT2D eigenvalue weighted by atomic mass is 10.4. The van der Waals surface area contributed by atoms with Crippen LogP contribution < -0.4 is 5.73 Å². The molecule has 7 heteroatoms. The minimum Gasteiger partial charge on any atom is -0.332 e. The Morgan fingerprint density at radius 2 is 2.29 bits per heavy atom. The van der Waals surface area contributed by atoms with Gasteiger partial charge in [-0.3, -0.25) is 0 Å². The van der Waals surface area contributed by atoms with Crippen LogP contribution in [0.3, 0.4) is 0 Å². The molecule has 1 aromatic rings. The van der Waals surface area contributed by atoms with Crippen molar-refractivity contribution in [2.45, 2.75) is 37.3 Å². The number of imidazole rings is 1. The van der Waals surface area contributed by atoms with Crippen LogP contribution in [0.15, 0.2) is 11.2 Å². The smallest absolute Gasteiger partial charge is 0.260 e. The van der Waals surface area contributed by atoms with Gasteiger partial charge in [0.15, 0.2) is 5.03 Å². The number of rotatable bonds is 6. The molecule has 0 aliphatic heterocycles. The number of nitrogens with zero attached hydrogens (tertiary/aromatic N) is 2. The second kappa shape index (κ2) is 4.75. The molecule has 0 atom stereocenters. The highest BCUT2D eigenvalue weighted by Gasteiger charge is 2.38. The number of nitrogens with one attached hydrogen (secondary N) is 1. The summed E-state index contributed by atoms with van der Waals surface area (Å²) >= 11 is 0. The van der Waals surface area contributed by atoms with Gasteiger partial charge in [0.25, 0.3) is 10.0 Å². The first kappa shape index (κ1) is 12.5. The maximum Gasteiger partial charge on any atom is 0.260 e. The molecule has 1 saturated carbocycles. The molecule has 96 valence electrons. The first-order valence-electron chi connectivity index (χ1n) is 5.79. The van der Waals surface area contributed by atoms with Crippen LogP contribution in [0.5, 0.6) is 0 Å². The van der Waals surface area contributed by atoms with Gasteiger partial charge in [-0.05, 0) is 32.7 Å². The van der Waals surface area contributed by atoms with Gasteiger partial charge in [0.05, 0.1) is 6.20 Å². The van der Waals surface area contributed by atoms with Crippen molar-refractivity contribution in [3.05, 3.63) is 12.0 Å². The second-order valence-corrected chi connectivity index (χ2v) is 6.18. The molecular formula is C10H18N4O2S. The molecule has 1 heterocycles. The average Bonchev–Trinajstić information content (AvgIpc) is 3.00. The fraction of sp³-hybridized carbons (Fsp3) is 0.700. The van der Waals surface area contributed by atoms with Crippen LogP contribution in [-0.2, 0) is 10.0 Å². The van der Waals surface area contributed by atoms with Crippen LogP contribution in [0.25, 0.3) is 0 Å². The number of nitrogens with two attached hydrogens (primary N) is 1. The van der Waals surface area contributed by atoms with Gasteiger partial charge in [-0.2, -0.15) is 4.31 Å². The number of aryl methyl sites for hydroxylation is 1. The molecular weight excluding hydrogens is 240 g/mol. The maximum atomic E-state index is 12.3. The van der Waals surface area contributed by atoms with Crippen LogP contribution >= 0.6 is 0 Å². The Balaban J connectivity index is 2.21. The number of aromatic amines is 1. The third-order valence-electron chi connectivity index (χ3n) is 2.80. The van der Waals surface area contributed by atoms with Crippen LogP contribution in [0.2, 0.25) is 0 Å². The van der Waals surface area contributed by atoms with Crippen molar-refractivity contribution in [2.75, 3.05) is 13.1 Å². The molecule has 17 heavy (non-hydrogen) atoms. The first-order valence-corrected chi connectivity index (χ1v) is 7.23. The summed E-state index contributed by atoms with van der Waals surface area (Å²) in [7, 11) is -3.43. The second-order valence-electron chi connectivity index (χ2n) is 4.32. The van der Waals surface area contributed by atoms with Gasteiger partial charge in [-0.15, -0.1) is 0 Å². The van der Waals surface area contributed by atoms with E-state index in [1.165, 1.54) is 6.20 Å². The predicted molar refractivity (Wildman–Crippen MR) is 63.9 cm³/mol. The van der Waals surface area contributed by atoms with E-state index >= 15 is 0 Å². The lowest BCUT2D eigenvalue weighted by molar-refractivity contribution is 0.398. The number of sulfonamides is 1. The van der Waals surface area contributed by atoms with Crippen LogP contribution in [0, 0.1) is 6.92 Å². The van der Waals surface area contributed by atoms with Gasteiger partial charge < -0.3 is 10.7 Å². The summed E-state index contributed by atoms with van der Waals surface area (Å²) in [6, 6.07) is 0.148. The largest absolute Gasteiger partial charge is 0.332 e. The fourth-order valence-electron chi connectivity index (χ4n) is 1.76. The van der Waals surface area contributed by atoms with Gasteiger partial charge in [-0.1, -0.05) is 0 Å². The van der Waals surface area contributed by atoms with Crippen molar-refractivity contribution in [1.82, 2.24) is 14.3 Å². The summed E-state index contributed by atoms with van der Waals surface area (Å²) < 4.78 is 26.2. The van der Waals surface area contributed by atoms with Crippen LogP contribution in [0.1, 0.15) is 25.1 Å². The summed E-state index contributed by atoms with van der Waals surface area (Å²) in [4.78, 5) is 6.72. The van der Waals surface area contributed by atoms with E-state index in [0.29, 0.717) is 25.3 Å². The number of hydrogen-bond donors (Lipinski definition) is 2. The standard InChI is InChI=1S/C10H18N4O2S/c1-8-12-7-10(13-8)17(15,16)14(6-2-5-11)9-3-4-9/h7,9H,2-6,11H2,1H3,(H,12,13). The van der Waals surface area contributed by atoms with Crippen molar-refractivity contribution >= 4 is 10.0 Å². The molecule has 2 rings (SSSR count). The SMILES string of the molecule is Cc1ncc(S(=O)(=O)N(CCCN)C2CC2)[nH]1. The van der Waals surface area contributed by atoms with Gasteiger partial charge in [-0.25, -0.2) is 13.4 Å². The van der Waals surface area contributed by atoms with E-state index in [1.54, 1.807) is 11.2 Å².